The highest BCUT2D eigenvalue weighted by molar-refractivity contribution is 9.10. The Kier molecular flexibility index (Phi) is 4.73. The van der Waals surface area contributed by atoms with Gasteiger partial charge in [0, 0.05) is 9.37 Å². The molecule has 23 heavy (non-hydrogen) atoms. The molecule has 3 rings (SSSR count). The van der Waals surface area contributed by atoms with Crippen molar-refractivity contribution in [3.05, 3.63) is 53.0 Å². The van der Waals surface area contributed by atoms with Crippen molar-refractivity contribution in [1.29, 1.82) is 0 Å². The molecule has 0 saturated carbocycles. The largest absolute Gasteiger partial charge is 0.323 e. The molecule has 0 spiro atoms. The van der Waals surface area contributed by atoms with Gasteiger partial charge in [0.25, 0.3) is 0 Å². The second kappa shape index (κ2) is 6.76. The molecule has 1 heterocycles. The van der Waals surface area contributed by atoms with Gasteiger partial charge in [0.2, 0.25) is 11.8 Å². The first-order valence-corrected chi connectivity index (χ1v) is 8.84. The second-order valence-corrected chi connectivity index (χ2v) is 7.53. The summed E-state index contributed by atoms with van der Waals surface area (Å²) in [5.74, 6) is -0.238. The van der Waals surface area contributed by atoms with Gasteiger partial charge >= 0.3 is 0 Å². The Morgan fingerprint density at radius 3 is 2.65 bits per heavy atom. The molecule has 1 N–H and O–H groups in total. The monoisotopic (exact) mass is 390 g/mol. The molecule has 0 radical (unpaired) electrons. The van der Waals surface area contributed by atoms with Crippen molar-refractivity contribution < 1.29 is 9.59 Å². The maximum atomic E-state index is 12.8. The molecule has 0 unspecified atom stereocenters. The highest BCUT2D eigenvalue weighted by atomic mass is 79.9. The van der Waals surface area contributed by atoms with Crippen LogP contribution in [0.5, 0.6) is 0 Å². The number of para-hydroxylation sites is 2. The lowest BCUT2D eigenvalue weighted by Gasteiger charge is -2.30. The average Bonchev–Trinajstić information content (AvgIpc) is 2.55. The third kappa shape index (κ3) is 3.59. The second-order valence-electron chi connectivity index (χ2n) is 5.20. The standard InChI is InChI=1S/C17H15BrN2O2S/c1-11(23-13-8-6-12(18)7-9-13)17(22)20-10-16(21)19-14-4-2-3-5-15(14)20/h2-9,11H,10H2,1H3,(H,19,21)/t11-/m1/s1. The number of carbonyl (C=O) groups is 2. The van der Waals surface area contributed by atoms with E-state index in [-0.39, 0.29) is 23.6 Å². The molecule has 2 aromatic carbocycles. The zero-order valence-electron chi connectivity index (χ0n) is 12.5. The molecule has 4 nitrogen and oxygen atoms in total. The number of hydrogen-bond acceptors (Lipinski definition) is 3. The highest BCUT2D eigenvalue weighted by Gasteiger charge is 2.29. The van der Waals surface area contributed by atoms with E-state index in [0.717, 1.165) is 15.1 Å². The van der Waals surface area contributed by atoms with Crippen molar-refractivity contribution in [3.63, 3.8) is 0 Å². The van der Waals surface area contributed by atoms with E-state index < -0.39 is 0 Å². The lowest BCUT2D eigenvalue weighted by atomic mass is 10.2. The summed E-state index contributed by atoms with van der Waals surface area (Å²) in [6, 6.07) is 15.2. The Hall–Kier alpha value is -1.79. The Balaban J connectivity index is 1.79. The number of carbonyl (C=O) groups excluding carboxylic acids is 2. The van der Waals surface area contributed by atoms with Crippen LogP contribution in [0.4, 0.5) is 11.4 Å². The van der Waals surface area contributed by atoms with Crippen LogP contribution >= 0.6 is 27.7 Å². The maximum absolute atomic E-state index is 12.8. The van der Waals surface area contributed by atoms with E-state index in [2.05, 4.69) is 21.2 Å². The summed E-state index contributed by atoms with van der Waals surface area (Å²) in [5.41, 5.74) is 1.43. The first-order chi connectivity index (χ1) is 11.0. The summed E-state index contributed by atoms with van der Waals surface area (Å²) in [6.45, 7) is 1.92. The summed E-state index contributed by atoms with van der Waals surface area (Å²) >= 11 is 4.89. The van der Waals surface area contributed by atoms with Crippen molar-refractivity contribution >= 4 is 50.9 Å². The van der Waals surface area contributed by atoms with Gasteiger partial charge in [-0.15, -0.1) is 11.8 Å². The Morgan fingerprint density at radius 2 is 1.91 bits per heavy atom. The van der Waals surface area contributed by atoms with Gasteiger partial charge in [-0.2, -0.15) is 0 Å². The number of nitrogens with one attached hydrogen (secondary N) is 1. The van der Waals surface area contributed by atoms with E-state index in [0.29, 0.717) is 5.69 Å². The Labute approximate surface area is 147 Å². The lowest BCUT2D eigenvalue weighted by Crippen LogP contribution is -2.45. The molecular formula is C17H15BrN2O2S. The topological polar surface area (TPSA) is 49.4 Å². The van der Waals surface area contributed by atoms with Crippen molar-refractivity contribution in [3.8, 4) is 0 Å². The van der Waals surface area contributed by atoms with E-state index in [1.165, 1.54) is 11.8 Å². The van der Waals surface area contributed by atoms with Crippen LogP contribution in [0.15, 0.2) is 57.9 Å². The van der Waals surface area contributed by atoms with E-state index in [4.69, 9.17) is 0 Å². The van der Waals surface area contributed by atoms with Gasteiger partial charge < -0.3 is 5.32 Å². The van der Waals surface area contributed by atoms with Gasteiger partial charge in [0.15, 0.2) is 0 Å². The van der Waals surface area contributed by atoms with Gasteiger partial charge in [0.05, 0.1) is 16.6 Å². The number of rotatable bonds is 3. The van der Waals surface area contributed by atoms with Gasteiger partial charge in [-0.05, 0) is 43.3 Å². The number of fused-ring (bicyclic) bond motifs is 1. The van der Waals surface area contributed by atoms with E-state index in [9.17, 15) is 9.59 Å². The van der Waals surface area contributed by atoms with Crippen LogP contribution in [0.1, 0.15) is 6.92 Å². The Bertz CT molecular complexity index is 749. The quantitative estimate of drug-likeness (QED) is 0.808. The van der Waals surface area contributed by atoms with Gasteiger partial charge in [-0.25, -0.2) is 0 Å². The number of halogens is 1. The SMILES string of the molecule is C[C@@H](Sc1ccc(Br)cc1)C(=O)N1CC(=O)Nc2ccccc21. The molecule has 0 aliphatic carbocycles. The fraction of sp³-hybridized carbons (Fsp3) is 0.176. The zero-order valence-corrected chi connectivity index (χ0v) is 14.9. The van der Waals surface area contributed by atoms with Crippen molar-refractivity contribution in [1.82, 2.24) is 0 Å². The van der Waals surface area contributed by atoms with Crippen molar-refractivity contribution in [2.75, 3.05) is 16.8 Å². The minimum absolute atomic E-state index is 0.0566. The Morgan fingerprint density at radius 1 is 1.22 bits per heavy atom. The molecule has 1 aliphatic rings. The number of nitrogens with zero attached hydrogens (tertiary/aromatic N) is 1. The summed E-state index contributed by atoms with van der Waals surface area (Å²) in [7, 11) is 0. The number of amides is 2. The van der Waals surface area contributed by atoms with Crippen LogP contribution in [0.25, 0.3) is 0 Å². The van der Waals surface area contributed by atoms with Crippen LogP contribution in [0.3, 0.4) is 0 Å². The van der Waals surface area contributed by atoms with Crippen LogP contribution in [-0.4, -0.2) is 23.6 Å². The van der Waals surface area contributed by atoms with Gasteiger partial charge in [-0.1, -0.05) is 28.1 Å². The number of thioether (sulfide) groups is 1. The molecule has 6 heteroatoms. The van der Waals surface area contributed by atoms with Crippen LogP contribution in [-0.2, 0) is 9.59 Å². The smallest absolute Gasteiger partial charge is 0.244 e. The normalized spacial score (nSPS) is 14.9. The summed E-state index contributed by atoms with van der Waals surface area (Å²) in [5, 5.41) is 2.51. The van der Waals surface area contributed by atoms with E-state index in [1.807, 2.05) is 49.4 Å². The van der Waals surface area contributed by atoms with Crippen molar-refractivity contribution in [2.45, 2.75) is 17.1 Å². The molecule has 1 aliphatic heterocycles. The fourth-order valence-corrected chi connectivity index (χ4v) is 3.61. The maximum Gasteiger partial charge on any atom is 0.244 e. The predicted molar refractivity (Wildman–Crippen MR) is 96.9 cm³/mol. The molecule has 118 valence electrons. The molecule has 0 aromatic heterocycles. The minimum atomic E-state index is -0.282. The lowest BCUT2D eigenvalue weighted by molar-refractivity contribution is -0.121. The summed E-state index contributed by atoms with van der Waals surface area (Å²) in [4.78, 5) is 27.2. The third-order valence-electron chi connectivity index (χ3n) is 3.51. The molecular weight excluding hydrogens is 376 g/mol. The first kappa shape index (κ1) is 16.1. The predicted octanol–water partition coefficient (Wildman–Crippen LogP) is 3.92. The number of benzene rings is 2. The fourth-order valence-electron chi connectivity index (χ4n) is 2.42. The number of hydrogen-bond donors (Lipinski definition) is 1. The molecule has 0 fully saturated rings. The van der Waals surface area contributed by atoms with Crippen LogP contribution in [0, 0.1) is 0 Å². The average molecular weight is 391 g/mol. The molecule has 2 aromatic rings. The highest BCUT2D eigenvalue weighted by Crippen LogP contribution is 2.32. The molecule has 2 amide bonds. The molecule has 0 bridgehead atoms. The third-order valence-corrected chi connectivity index (χ3v) is 5.14. The first-order valence-electron chi connectivity index (χ1n) is 7.17. The summed E-state index contributed by atoms with van der Waals surface area (Å²) in [6.07, 6.45) is 0. The molecule has 1 atom stereocenters. The zero-order chi connectivity index (χ0) is 16.4. The van der Waals surface area contributed by atoms with E-state index in [1.54, 1.807) is 11.0 Å². The summed E-state index contributed by atoms with van der Waals surface area (Å²) < 4.78 is 1.00. The van der Waals surface area contributed by atoms with Gasteiger partial charge in [-0.3, -0.25) is 14.5 Å². The van der Waals surface area contributed by atoms with Crippen LogP contribution < -0.4 is 10.2 Å². The van der Waals surface area contributed by atoms with Crippen molar-refractivity contribution in [2.24, 2.45) is 0 Å². The van der Waals surface area contributed by atoms with Crippen LogP contribution in [0.2, 0.25) is 0 Å². The minimum Gasteiger partial charge on any atom is -0.323 e. The van der Waals surface area contributed by atoms with Gasteiger partial charge in [0.1, 0.15) is 6.54 Å². The number of anilines is 2. The molecule has 0 saturated heterocycles. The van der Waals surface area contributed by atoms with E-state index >= 15 is 0 Å².